The number of hydrogen-bond acceptors (Lipinski definition) is 5. The van der Waals surface area contributed by atoms with Crippen molar-refractivity contribution in [1.82, 2.24) is 19.7 Å². The smallest absolute Gasteiger partial charge is 0.330 e. The quantitative estimate of drug-likeness (QED) is 0.753. The molecule has 1 aliphatic heterocycles. The Morgan fingerprint density at radius 2 is 2.12 bits per heavy atom. The second-order valence-corrected chi connectivity index (χ2v) is 6.59. The summed E-state index contributed by atoms with van der Waals surface area (Å²) in [4.78, 5) is 29.3. The van der Waals surface area contributed by atoms with Crippen molar-refractivity contribution in [2.24, 2.45) is 0 Å². The van der Waals surface area contributed by atoms with Crippen LogP contribution in [0.5, 0.6) is 0 Å². The predicted octanol–water partition coefficient (Wildman–Crippen LogP) is 1.74. The van der Waals surface area contributed by atoms with E-state index in [9.17, 15) is 9.59 Å². The van der Waals surface area contributed by atoms with Crippen LogP contribution in [0.25, 0.3) is 16.6 Å². The molecule has 1 saturated heterocycles. The number of carbonyl (C=O) groups excluding carboxylic acids is 1. The Labute approximate surface area is 148 Å². The average Bonchev–Trinajstić information content (AvgIpc) is 2.98. The van der Waals surface area contributed by atoms with Crippen molar-refractivity contribution in [3.8, 4) is 0 Å². The molecule has 1 N–H and O–H groups in total. The molecule has 1 aliphatic rings. The minimum atomic E-state index is -0.583. The largest absolute Gasteiger partial charge is 0.332 e. The van der Waals surface area contributed by atoms with Gasteiger partial charge in [0, 0.05) is 18.9 Å². The summed E-state index contributed by atoms with van der Waals surface area (Å²) in [6.07, 6.45) is 1.83. The van der Waals surface area contributed by atoms with Gasteiger partial charge >= 0.3 is 5.97 Å². The summed E-state index contributed by atoms with van der Waals surface area (Å²) in [7, 11) is 0. The lowest BCUT2D eigenvalue weighted by molar-refractivity contribution is -0.141. The van der Waals surface area contributed by atoms with Crippen LogP contribution < -0.4 is 15.7 Å². The average molecular weight is 361 g/mol. The first-order valence-corrected chi connectivity index (χ1v) is 8.56. The zero-order chi connectivity index (χ0) is 17.6. The highest BCUT2D eigenvalue weighted by Crippen LogP contribution is 2.30. The summed E-state index contributed by atoms with van der Waals surface area (Å²) in [5.41, 5.74) is 1.45. The standard InChI is InChI=1S/C17H17ClN4O3/c1-10(23)25-22-15(24)9-14(11-5-7-19-8-6-11)21-17(22)16-12(18)3-2-4-13(16)20-21/h2-4,9,11,19H,5-8H2,1H3. The molecule has 1 fully saturated rings. The molecule has 4 rings (SSSR count). The Kier molecular flexibility index (Phi) is 3.97. The van der Waals surface area contributed by atoms with E-state index in [4.69, 9.17) is 16.4 Å². The maximum Gasteiger partial charge on any atom is 0.330 e. The van der Waals surface area contributed by atoms with Crippen LogP contribution in [-0.4, -0.2) is 33.4 Å². The highest BCUT2D eigenvalue weighted by molar-refractivity contribution is 6.36. The molecule has 0 amide bonds. The van der Waals surface area contributed by atoms with E-state index in [1.54, 1.807) is 16.6 Å². The summed E-state index contributed by atoms with van der Waals surface area (Å²) >= 11 is 6.36. The Bertz CT molecular complexity index is 1030. The predicted molar refractivity (Wildman–Crippen MR) is 94.1 cm³/mol. The first-order chi connectivity index (χ1) is 12.1. The molecule has 130 valence electrons. The number of rotatable bonds is 2. The van der Waals surface area contributed by atoms with Gasteiger partial charge in [-0.05, 0) is 38.1 Å². The zero-order valence-electron chi connectivity index (χ0n) is 13.7. The number of aromatic nitrogens is 3. The lowest BCUT2D eigenvalue weighted by Crippen LogP contribution is -2.33. The van der Waals surface area contributed by atoms with Gasteiger partial charge in [-0.3, -0.25) is 4.79 Å². The van der Waals surface area contributed by atoms with Crippen LogP contribution in [0.15, 0.2) is 29.1 Å². The van der Waals surface area contributed by atoms with Gasteiger partial charge in [0.1, 0.15) is 0 Å². The van der Waals surface area contributed by atoms with Crippen molar-refractivity contribution in [3.05, 3.63) is 45.3 Å². The molecule has 25 heavy (non-hydrogen) atoms. The summed E-state index contributed by atoms with van der Waals surface area (Å²) in [5, 5.41) is 8.99. The number of benzene rings is 1. The molecule has 0 saturated carbocycles. The van der Waals surface area contributed by atoms with Crippen LogP contribution in [0.3, 0.4) is 0 Å². The van der Waals surface area contributed by atoms with Crippen LogP contribution in [0.2, 0.25) is 5.02 Å². The molecule has 8 heteroatoms. The van der Waals surface area contributed by atoms with Crippen molar-refractivity contribution in [1.29, 1.82) is 0 Å². The Morgan fingerprint density at radius 1 is 1.36 bits per heavy atom. The lowest BCUT2D eigenvalue weighted by atomic mass is 9.94. The van der Waals surface area contributed by atoms with Gasteiger partial charge in [0.15, 0.2) is 5.65 Å². The van der Waals surface area contributed by atoms with Gasteiger partial charge < -0.3 is 10.2 Å². The first-order valence-electron chi connectivity index (χ1n) is 8.19. The van der Waals surface area contributed by atoms with Crippen molar-refractivity contribution in [3.63, 3.8) is 0 Å². The molecular formula is C17H17ClN4O3. The Balaban J connectivity index is 2.09. The van der Waals surface area contributed by atoms with Crippen LogP contribution in [0.1, 0.15) is 31.4 Å². The van der Waals surface area contributed by atoms with E-state index in [0.717, 1.165) is 36.4 Å². The Morgan fingerprint density at radius 3 is 2.84 bits per heavy atom. The molecule has 3 heterocycles. The summed E-state index contributed by atoms with van der Waals surface area (Å²) in [6.45, 7) is 3.03. The lowest BCUT2D eigenvalue weighted by Gasteiger charge is -2.23. The third kappa shape index (κ3) is 2.69. The number of nitrogens with one attached hydrogen (secondary N) is 1. The summed E-state index contributed by atoms with van der Waals surface area (Å²) in [5.74, 6) is -0.378. The minimum Gasteiger partial charge on any atom is -0.332 e. The second-order valence-electron chi connectivity index (χ2n) is 6.18. The molecule has 1 aromatic carbocycles. The SMILES string of the molecule is CC(=O)On1c(=O)cc(C2CCNCC2)n2nc3cccc(Cl)c3c12. The van der Waals surface area contributed by atoms with Crippen LogP contribution in [0, 0.1) is 0 Å². The van der Waals surface area contributed by atoms with Gasteiger partial charge in [-0.15, -0.1) is 4.73 Å². The van der Waals surface area contributed by atoms with E-state index >= 15 is 0 Å². The zero-order valence-corrected chi connectivity index (χ0v) is 14.4. The topological polar surface area (TPSA) is 77.6 Å². The highest BCUT2D eigenvalue weighted by atomic mass is 35.5. The fourth-order valence-electron chi connectivity index (χ4n) is 3.42. The number of nitrogens with zero attached hydrogens (tertiary/aromatic N) is 3. The van der Waals surface area contributed by atoms with E-state index in [1.165, 1.54) is 13.0 Å². The highest BCUT2D eigenvalue weighted by Gasteiger charge is 2.24. The third-order valence-electron chi connectivity index (χ3n) is 4.51. The van der Waals surface area contributed by atoms with E-state index in [-0.39, 0.29) is 5.92 Å². The number of halogens is 1. The molecule has 2 aromatic heterocycles. The number of fused-ring (bicyclic) bond motifs is 3. The molecule has 0 radical (unpaired) electrons. The molecule has 0 bridgehead atoms. The van der Waals surface area contributed by atoms with Crippen LogP contribution >= 0.6 is 11.6 Å². The van der Waals surface area contributed by atoms with Crippen molar-refractivity contribution < 1.29 is 9.63 Å². The molecule has 0 aliphatic carbocycles. The van der Waals surface area contributed by atoms with E-state index in [2.05, 4.69) is 10.4 Å². The van der Waals surface area contributed by atoms with E-state index in [0.29, 0.717) is 21.6 Å². The fourth-order valence-corrected chi connectivity index (χ4v) is 3.68. The normalized spacial score (nSPS) is 15.8. The molecular weight excluding hydrogens is 344 g/mol. The van der Waals surface area contributed by atoms with Crippen molar-refractivity contribution in [2.75, 3.05) is 13.1 Å². The van der Waals surface area contributed by atoms with Gasteiger partial charge in [0.05, 0.1) is 21.6 Å². The minimum absolute atomic E-state index is 0.205. The van der Waals surface area contributed by atoms with Gasteiger partial charge in [0.2, 0.25) is 0 Å². The summed E-state index contributed by atoms with van der Waals surface area (Å²) < 4.78 is 2.67. The van der Waals surface area contributed by atoms with Crippen LogP contribution in [0.4, 0.5) is 0 Å². The van der Waals surface area contributed by atoms with Crippen LogP contribution in [-0.2, 0) is 4.79 Å². The molecule has 0 spiro atoms. The van der Waals surface area contributed by atoms with Gasteiger partial charge in [-0.1, -0.05) is 17.7 Å². The number of piperidine rings is 1. The van der Waals surface area contributed by atoms with E-state index in [1.807, 2.05) is 6.07 Å². The van der Waals surface area contributed by atoms with Gasteiger partial charge in [0.25, 0.3) is 5.56 Å². The monoisotopic (exact) mass is 360 g/mol. The molecule has 0 unspecified atom stereocenters. The second kappa shape index (κ2) is 6.16. The molecule has 3 aromatic rings. The van der Waals surface area contributed by atoms with Gasteiger partial charge in [-0.2, -0.15) is 5.10 Å². The van der Waals surface area contributed by atoms with Crippen molar-refractivity contribution >= 4 is 34.1 Å². The molecule has 7 nitrogen and oxygen atoms in total. The Hall–Kier alpha value is -2.38. The summed E-state index contributed by atoms with van der Waals surface area (Å²) in [6, 6.07) is 6.86. The maximum absolute atomic E-state index is 12.7. The number of hydrogen-bond donors (Lipinski definition) is 1. The fraction of sp³-hybridized carbons (Fsp3) is 0.353. The van der Waals surface area contributed by atoms with E-state index < -0.39 is 11.5 Å². The van der Waals surface area contributed by atoms with Gasteiger partial charge in [-0.25, -0.2) is 9.31 Å². The first kappa shape index (κ1) is 16.1. The third-order valence-corrected chi connectivity index (χ3v) is 4.82. The number of carbonyl (C=O) groups is 1. The molecule has 0 atom stereocenters. The maximum atomic E-state index is 12.7. The van der Waals surface area contributed by atoms with Crippen molar-refractivity contribution in [2.45, 2.75) is 25.7 Å².